The first-order valence-electron chi connectivity index (χ1n) is 9.00. The average Bonchev–Trinajstić information content (AvgIpc) is 3.44. The summed E-state index contributed by atoms with van der Waals surface area (Å²) in [5.74, 6) is 2.62. The predicted molar refractivity (Wildman–Crippen MR) is 94.9 cm³/mol. The van der Waals surface area contributed by atoms with Gasteiger partial charge in [-0.2, -0.15) is 0 Å². The Hall–Kier alpha value is -2.01. The van der Waals surface area contributed by atoms with Crippen LogP contribution in [0.5, 0.6) is 0 Å². The van der Waals surface area contributed by atoms with Gasteiger partial charge in [0.25, 0.3) is 0 Å². The number of hydrogen-bond donors (Lipinski definition) is 1. The van der Waals surface area contributed by atoms with E-state index >= 15 is 0 Å². The van der Waals surface area contributed by atoms with E-state index < -0.39 is 0 Å². The van der Waals surface area contributed by atoms with Crippen molar-refractivity contribution in [2.75, 3.05) is 18.4 Å². The molecule has 1 saturated heterocycles. The molecule has 1 N–H and O–H groups in total. The molecule has 4 rings (SSSR count). The molecule has 0 radical (unpaired) electrons. The van der Waals surface area contributed by atoms with E-state index in [1.165, 1.54) is 18.4 Å². The van der Waals surface area contributed by atoms with Crippen LogP contribution in [-0.4, -0.2) is 39.0 Å². The molecule has 2 fully saturated rings. The van der Waals surface area contributed by atoms with E-state index in [9.17, 15) is 0 Å². The maximum absolute atomic E-state index is 4.68. The van der Waals surface area contributed by atoms with E-state index in [-0.39, 0.29) is 0 Å². The first-order valence-corrected chi connectivity index (χ1v) is 9.00. The number of aryl methyl sites for hydroxylation is 1. The average molecular weight is 323 g/mol. The summed E-state index contributed by atoms with van der Waals surface area (Å²) in [6.07, 6.45) is 8.56. The largest absolute Gasteiger partial charge is 0.367 e. The van der Waals surface area contributed by atoms with E-state index in [2.05, 4.69) is 38.2 Å². The Morgan fingerprint density at radius 1 is 1.08 bits per heavy atom. The van der Waals surface area contributed by atoms with Crippen LogP contribution in [-0.2, 0) is 6.54 Å². The molecule has 0 aromatic carbocycles. The van der Waals surface area contributed by atoms with Crippen molar-refractivity contribution in [2.45, 2.75) is 51.1 Å². The van der Waals surface area contributed by atoms with Crippen molar-refractivity contribution >= 4 is 5.82 Å². The lowest BCUT2D eigenvalue weighted by atomic mass is 10.0. The van der Waals surface area contributed by atoms with Crippen LogP contribution < -0.4 is 5.32 Å². The molecule has 5 nitrogen and oxygen atoms in total. The third-order valence-electron chi connectivity index (χ3n) is 5.07. The Balaban J connectivity index is 1.30. The zero-order chi connectivity index (χ0) is 16.4. The summed E-state index contributed by atoms with van der Waals surface area (Å²) in [6, 6.07) is 6.73. The Bertz CT molecular complexity index is 690. The maximum Gasteiger partial charge on any atom is 0.133 e. The SMILES string of the molecule is Cc1ncccc1CN1CCC(Nc2ccnc(C3CC3)n2)CC1. The summed E-state index contributed by atoms with van der Waals surface area (Å²) in [5.41, 5.74) is 2.49. The third-order valence-corrected chi connectivity index (χ3v) is 5.07. The highest BCUT2D eigenvalue weighted by Gasteiger charge is 2.27. The van der Waals surface area contributed by atoms with Gasteiger partial charge in [0.05, 0.1) is 0 Å². The van der Waals surface area contributed by atoms with Crippen molar-refractivity contribution in [3.8, 4) is 0 Å². The number of nitrogens with zero attached hydrogens (tertiary/aromatic N) is 4. The molecule has 1 aliphatic carbocycles. The molecule has 2 aliphatic rings. The van der Waals surface area contributed by atoms with Crippen molar-refractivity contribution in [3.63, 3.8) is 0 Å². The molecule has 0 atom stereocenters. The van der Waals surface area contributed by atoms with Crippen LogP contribution in [0.1, 0.15) is 48.7 Å². The highest BCUT2D eigenvalue weighted by molar-refractivity contribution is 5.35. The third kappa shape index (κ3) is 3.73. The van der Waals surface area contributed by atoms with E-state index in [1.807, 2.05) is 24.5 Å². The molecule has 126 valence electrons. The number of pyridine rings is 1. The van der Waals surface area contributed by atoms with Crippen molar-refractivity contribution in [3.05, 3.63) is 47.7 Å². The van der Waals surface area contributed by atoms with E-state index in [4.69, 9.17) is 0 Å². The Morgan fingerprint density at radius 3 is 2.67 bits per heavy atom. The summed E-state index contributed by atoms with van der Waals surface area (Å²) in [7, 11) is 0. The molecular weight excluding hydrogens is 298 g/mol. The fourth-order valence-corrected chi connectivity index (χ4v) is 3.36. The Labute approximate surface area is 143 Å². The van der Waals surface area contributed by atoms with Crippen LogP contribution in [0.2, 0.25) is 0 Å². The van der Waals surface area contributed by atoms with E-state index in [0.717, 1.165) is 49.8 Å². The van der Waals surface area contributed by atoms with E-state index in [1.54, 1.807) is 0 Å². The fourth-order valence-electron chi connectivity index (χ4n) is 3.36. The lowest BCUT2D eigenvalue weighted by Crippen LogP contribution is -2.39. The van der Waals surface area contributed by atoms with Crippen molar-refractivity contribution in [2.24, 2.45) is 0 Å². The van der Waals surface area contributed by atoms with Gasteiger partial charge in [-0.1, -0.05) is 6.07 Å². The Morgan fingerprint density at radius 2 is 1.92 bits per heavy atom. The second kappa shape index (κ2) is 6.85. The van der Waals surface area contributed by atoms with Gasteiger partial charge in [-0.15, -0.1) is 0 Å². The van der Waals surface area contributed by atoms with Crippen molar-refractivity contribution < 1.29 is 0 Å². The molecule has 0 unspecified atom stereocenters. The van der Waals surface area contributed by atoms with Gasteiger partial charge in [0.15, 0.2) is 0 Å². The van der Waals surface area contributed by atoms with Crippen LogP contribution in [0, 0.1) is 6.92 Å². The van der Waals surface area contributed by atoms with Crippen LogP contribution in [0.25, 0.3) is 0 Å². The van der Waals surface area contributed by atoms with Crippen LogP contribution in [0.3, 0.4) is 0 Å². The number of hydrogen-bond acceptors (Lipinski definition) is 5. The fraction of sp³-hybridized carbons (Fsp3) is 0.526. The zero-order valence-corrected chi connectivity index (χ0v) is 14.3. The summed E-state index contributed by atoms with van der Waals surface area (Å²) in [4.78, 5) is 16.0. The second-order valence-corrected chi connectivity index (χ2v) is 7.02. The molecule has 2 aromatic heterocycles. The monoisotopic (exact) mass is 323 g/mol. The quantitative estimate of drug-likeness (QED) is 0.916. The van der Waals surface area contributed by atoms with Gasteiger partial charge in [-0.3, -0.25) is 9.88 Å². The molecule has 2 aromatic rings. The standard InChI is InChI=1S/C19H25N5/c1-14-16(3-2-9-20-14)13-24-11-7-17(8-12-24)22-18-6-10-21-19(23-18)15-4-5-15/h2-3,6,9-10,15,17H,4-5,7-8,11-13H2,1H3,(H,21,22,23). The van der Waals surface area contributed by atoms with Crippen molar-refractivity contribution in [1.29, 1.82) is 0 Å². The number of nitrogens with one attached hydrogen (secondary N) is 1. The first kappa shape index (κ1) is 15.5. The summed E-state index contributed by atoms with van der Waals surface area (Å²) in [5, 5.41) is 3.61. The number of aromatic nitrogens is 3. The minimum atomic E-state index is 0.512. The van der Waals surface area contributed by atoms with Crippen LogP contribution in [0.15, 0.2) is 30.6 Å². The van der Waals surface area contributed by atoms with Gasteiger partial charge in [0, 0.05) is 49.7 Å². The van der Waals surface area contributed by atoms with Gasteiger partial charge >= 0.3 is 0 Å². The molecular formula is C19H25N5. The molecule has 0 spiro atoms. The minimum absolute atomic E-state index is 0.512. The van der Waals surface area contributed by atoms with E-state index in [0.29, 0.717) is 12.0 Å². The normalized spacial score (nSPS) is 19.4. The molecule has 5 heteroatoms. The smallest absolute Gasteiger partial charge is 0.133 e. The highest BCUT2D eigenvalue weighted by atomic mass is 15.2. The van der Waals surface area contributed by atoms with Crippen molar-refractivity contribution in [1.82, 2.24) is 19.9 Å². The molecule has 0 bridgehead atoms. The number of likely N-dealkylation sites (tertiary alicyclic amines) is 1. The number of rotatable bonds is 5. The maximum atomic E-state index is 4.68. The summed E-state index contributed by atoms with van der Waals surface area (Å²) >= 11 is 0. The number of piperidine rings is 1. The summed E-state index contributed by atoms with van der Waals surface area (Å²) < 4.78 is 0. The molecule has 24 heavy (non-hydrogen) atoms. The lowest BCUT2D eigenvalue weighted by molar-refractivity contribution is 0.210. The van der Waals surface area contributed by atoms with Crippen LogP contribution >= 0.6 is 0 Å². The lowest BCUT2D eigenvalue weighted by Gasteiger charge is -2.32. The van der Waals surface area contributed by atoms with Gasteiger partial charge in [0.2, 0.25) is 0 Å². The highest BCUT2D eigenvalue weighted by Crippen LogP contribution is 2.38. The van der Waals surface area contributed by atoms with Gasteiger partial charge in [-0.05, 0) is 50.3 Å². The first-order chi connectivity index (χ1) is 11.8. The predicted octanol–water partition coefficient (Wildman–Crippen LogP) is 3.13. The second-order valence-electron chi connectivity index (χ2n) is 7.02. The van der Waals surface area contributed by atoms with Gasteiger partial charge in [0.1, 0.15) is 11.6 Å². The van der Waals surface area contributed by atoms with Gasteiger partial charge < -0.3 is 5.32 Å². The zero-order valence-electron chi connectivity index (χ0n) is 14.3. The topological polar surface area (TPSA) is 53.9 Å². The molecule has 0 amide bonds. The number of anilines is 1. The molecule has 1 saturated carbocycles. The summed E-state index contributed by atoms with van der Waals surface area (Å²) in [6.45, 7) is 5.33. The van der Waals surface area contributed by atoms with Crippen LogP contribution in [0.4, 0.5) is 5.82 Å². The Kier molecular flexibility index (Phi) is 4.43. The van der Waals surface area contributed by atoms with Gasteiger partial charge in [-0.25, -0.2) is 9.97 Å². The minimum Gasteiger partial charge on any atom is -0.367 e. The molecule has 1 aliphatic heterocycles. The molecule has 3 heterocycles.